The number of amides is 1. The number of carboxylic acid groups (broad SMARTS) is 1. The van der Waals surface area contributed by atoms with Gasteiger partial charge in [0.25, 0.3) is 0 Å². The predicted molar refractivity (Wildman–Crippen MR) is 71.9 cm³/mol. The maximum Gasteiger partial charge on any atom is 0.305 e. The lowest BCUT2D eigenvalue weighted by molar-refractivity contribution is -0.139. The Hall–Kier alpha value is -1.10. The van der Waals surface area contributed by atoms with Crippen LogP contribution in [0.1, 0.15) is 51.4 Å². The van der Waals surface area contributed by atoms with Crippen molar-refractivity contribution in [2.24, 2.45) is 0 Å². The van der Waals surface area contributed by atoms with E-state index >= 15 is 0 Å². The number of likely N-dealkylation sites (tertiary alicyclic amines) is 1. The average Bonchev–Trinajstić information content (AvgIpc) is 2.84. The van der Waals surface area contributed by atoms with E-state index in [1.807, 2.05) is 0 Å². The number of hydrogen-bond donors (Lipinski definition) is 2. The first-order valence-electron chi connectivity index (χ1n) is 7.41. The number of hydrogen-bond acceptors (Lipinski definition) is 3. The van der Waals surface area contributed by atoms with Gasteiger partial charge in [0, 0.05) is 25.0 Å². The molecule has 2 aliphatic rings. The van der Waals surface area contributed by atoms with Gasteiger partial charge in [-0.1, -0.05) is 6.42 Å². The van der Waals surface area contributed by atoms with Gasteiger partial charge in [0.1, 0.15) is 0 Å². The molecule has 0 aromatic carbocycles. The van der Waals surface area contributed by atoms with Crippen LogP contribution in [0.5, 0.6) is 0 Å². The van der Waals surface area contributed by atoms with Gasteiger partial charge in [-0.15, -0.1) is 0 Å². The number of carboxylic acids is 1. The fourth-order valence-corrected chi connectivity index (χ4v) is 3.19. The number of carbonyl (C=O) groups excluding carboxylic acids is 1. The molecule has 5 nitrogen and oxygen atoms in total. The molecule has 2 aliphatic heterocycles. The second kappa shape index (κ2) is 6.89. The number of piperidine rings is 1. The summed E-state index contributed by atoms with van der Waals surface area (Å²) >= 11 is 0. The molecule has 0 aromatic rings. The third kappa shape index (κ3) is 4.20. The Labute approximate surface area is 114 Å². The molecule has 2 atom stereocenters. The van der Waals surface area contributed by atoms with Crippen molar-refractivity contribution in [3.05, 3.63) is 0 Å². The van der Waals surface area contributed by atoms with Crippen molar-refractivity contribution in [3.8, 4) is 0 Å². The zero-order valence-electron chi connectivity index (χ0n) is 11.4. The van der Waals surface area contributed by atoms with Gasteiger partial charge in [-0.2, -0.15) is 0 Å². The van der Waals surface area contributed by atoms with Crippen molar-refractivity contribution in [1.29, 1.82) is 0 Å². The first-order valence-corrected chi connectivity index (χ1v) is 7.41. The molecule has 0 saturated carbocycles. The van der Waals surface area contributed by atoms with Crippen LogP contribution in [0.15, 0.2) is 0 Å². The summed E-state index contributed by atoms with van der Waals surface area (Å²) in [4.78, 5) is 24.8. The van der Waals surface area contributed by atoms with E-state index in [1.165, 1.54) is 12.8 Å². The first kappa shape index (κ1) is 14.3. The largest absolute Gasteiger partial charge is 0.481 e. The van der Waals surface area contributed by atoms with E-state index in [4.69, 9.17) is 5.11 Å². The Morgan fingerprint density at radius 2 is 2.05 bits per heavy atom. The number of rotatable bonds is 5. The van der Waals surface area contributed by atoms with E-state index < -0.39 is 5.97 Å². The van der Waals surface area contributed by atoms with E-state index in [9.17, 15) is 9.59 Å². The van der Waals surface area contributed by atoms with E-state index in [0.717, 1.165) is 38.8 Å². The molecule has 5 heteroatoms. The molecule has 2 fully saturated rings. The predicted octanol–water partition coefficient (Wildman–Crippen LogP) is 1.37. The lowest BCUT2D eigenvalue weighted by atomic mass is 10.00. The second-order valence-corrected chi connectivity index (χ2v) is 5.67. The monoisotopic (exact) mass is 268 g/mol. The highest BCUT2D eigenvalue weighted by molar-refractivity contribution is 5.78. The zero-order chi connectivity index (χ0) is 13.7. The van der Waals surface area contributed by atoms with Gasteiger partial charge >= 0.3 is 5.97 Å². The molecule has 2 rings (SSSR count). The van der Waals surface area contributed by atoms with Crippen LogP contribution in [0.25, 0.3) is 0 Å². The van der Waals surface area contributed by atoms with Crippen LogP contribution in [-0.4, -0.2) is 47.1 Å². The molecule has 108 valence electrons. The third-order valence-electron chi connectivity index (χ3n) is 4.23. The lowest BCUT2D eigenvalue weighted by Crippen LogP contribution is -2.39. The molecule has 2 saturated heterocycles. The van der Waals surface area contributed by atoms with Crippen molar-refractivity contribution in [3.63, 3.8) is 0 Å². The Morgan fingerprint density at radius 3 is 2.74 bits per heavy atom. The molecule has 0 aliphatic carbocycles. The highest BCUT2D eigenvalue weighted by Gasteiger charge is 2.30. The quantitative estimate of drug-likeness (QED) is 0.790. The lowest BCUT2D eigenvalue weighted by Gasteiger charge is -2.26. The van der Waals surface area contributed by atoms with Gasteiger partial charge in [-0.05, 0) is 38.6 Å². The van der Waals surface area contributed by atoms with Crippen molar-refractivity contribution >= 4 is 11.9 Å². The highest BCUT2D eigenvalue weighted by Crippen LogP contribution is 2.22. The summed E-state index contributed by atoms with van der Waals surface area (Å²) in [5.41, 5.74) is 0. The Kier molecular flexibility index (Phi) is 5.19. The fraction of sp³-hybridized carbons (Fsp3) is 0.857. The molecule has 2 heterocycles. The zero-order valence-corrected chi connectivity index (χ0v) is 11.4. The van der Waals surface area contributed by atoms with Crippen LogP contribution < -0.4 is 5.32 Å². The Balaban J connectivity index is 1.76. The van der Waals surface area contributed by atoms with E-state index in [-0.39, 0.29) is 18.4 Å². The molecule has 0 spiro atoms. The van der Waals surface area contributed by atoms with Crippen LogP contribution in [0.4, 0.5) is 0 Å². The summed E-state index contributed by atoms with van der Waals surface area (Å²) in [6, 6.07) is 0.391. The number of nitrogens with zero attached hydrogens (tertiary/aromatic N) is 1. The van der Waals surface area contributed by atoms with Crippen molar-refractivity contribution in [2.75, 3.05) is 13.1 Å². The van der Waals surface area contributed by atoms with E-state index in [0.29, 0.717) is 12.5 Å². The van der Waals surface area contributed by atoms with E-state index in [1.54, 1.807) is 4.90 Å². The maximum absolute atomic E-state index is 12.2. The summed E-state index contributed by atoms with van der Waals surface area (Å²) in [6.07, 6.45) is 6.93. The summed E-state index contributed by atoms with van der Waals surface area (Å²) in [7, 11) is 0. The fourth-order valence-electron chi connectivity index (χ4n) is 3.19. The van der Waals surface area contributed by atoms with Crippen molar-refractivity contribution in [1.82, 2.24) is 10.2 Å². The molecule has 2 unspecified atom stereocenters. The smallest absolute Gasteiger partial charge is 0.305 e. The Bertz CT molecular complexity index is 327. The minimum Gasteiger partial charge on any atom is -0.481 e. The van der Waals surface area contributed by atoms with Crippen LogP contribution in [-0.2, 0) is 9.59 Å². The third-order valence-corrected chi connectivity index (χ3v) is 4.23. The molecule has 1 amide bonds. The summed E-state index contributed by atoms with van der Waals surface area (Å²) in [5, 5.41) is 12.3. The van der Waals surface area contributed by atoms with Crippen LogP contribution in [0.2, 0.25) is 0 Å². The number of carbonyl (C=O) groups is 2. The molecule has 0 radical (unpaired) electrons. The van der Waals surface area contributed by atoms with Gasteiger partial charge in [0.2, 0.25) is 5.91 Å². The molecule has 2 N–H and O–H groups in total. The molecular formula is C14H24N2O3. The normalized spacial score (nSPS) is 27.5. The van der Waals surface area contributed by atoms with Crippen LogP contribution in [0, 0.1) is 0 Å². The standard InChI is InChI=1S/C14H24N2O3/c17-13(7-6-11-4-1-2-8-15-11)16-9-3-5-12(16)10-14(18)19/h11-12,15H,1-10H2,(H,18,19). The molecule has 0 bridgehead atoms. The van der Waals surface area contributed by atoms with Gasteiger partial charge in [-0.3, -0.25) is 9.59 Å². The van der Waals surface area contributed by atoms with Crippen molar-refractivity contribution in [2.45, 2.75) is 63.5 Å². The highest BCUT2D eigenvalue weighted by atomic mass is 16.4. The minimum absolute atomic E-state index is 0.0793. The second-order valence-electron chi connectivity index (χ2n) is 5.67. The maximum atomic E-state index is 12.2. The topological polar surface area (TPSA) is 69.6 Å². The SMILES string of the molecule is O=C(O)CC1CCCN1C(=O)CCC1CCCCN1. The van der Waals surface area contributed by atoms with E-state index in [2.05, 4.69) is 5.32 Å². The van der Waals surface area contributed by atoms with Crippen LogP contribution >= 0.6 is 0 Å². The summed E-state index contributed by atoms with van der Waals surface area (Å²) in [5.74, 6) is -0.672. The molecule has 19 heavy (non-hydrogen) atoms. The van der Waals surface area contributed by atoms with Crippen molar-refractivity contribution < 1.29 is 14.7 Å². The number of aliphatic carboxylic acids is 1. The van der Waals surface area contributed by atoms with Gasteiger partial charge < -0.3 is 15.3 Å². The average molecular weight is 268 g/mol. The summed E-state index contributed by atoms with van der Waals surface area (Å²) in [6.45, 7) is 1.79. The van der Waals surface area contributed by atoms with Gasteiger partial charge in [-0.25, -0.2) is 0 Å². The Morgan fingerprint density at radius 1 is 1.21 bits per heavy atom. The van der Waals surface area contributed by atoms with Gasteiger partial charge in [0.05, 0.1) is 6.42 Å². The van der Waals surface area contributed by atoms with Gasteiger partial charge in [0.15, 0.2) is 0 Å². The van der Waals surface area contributed by atoms with Crippen LogP contribution in [0.3, 0.4) is 0 Å². The minimum atomic E-state index is -0.807. The summed E-state index contributed by atoms with van der Waals surface area (Å²) < 4.78 is 0. The molecular weight excluding hydrogens is 244 g/mol. The first-order chi connectivity index (χ1) is 9.16. The number of nitrogens with one attached hydrogen (secondary N) is 1. The molecule has 0 aromatic heterocycles.